The van der Waals surface area contributed by atoms with Crippen LogP contribution in [0.15, 0.2) is 59.8 Å². The van der Waals surface area contributed by atoms with E-state index in [0.717, 1.165) is 5.56 Å². The largest absolute Gasteiger partial charge is 0.543 e. The van der Waals surface area contributed by atoms with Crippen molar-refractivity contribution >= 4 is 20.2 Å². The van der Waals surface area contributed by atoms with Crippen LogP contribution in [0.5, 0.6) is 0 Å². The number of hydrogen-bond acceptors (Lipinski definition) is 4. The Balaban J connectivity index is 2.09. The van der Waals surface area contributed by atoms with Gasteiger partial charge in [0.1, 0.15) is 5.76 Å². The van der Waals surface area contributed by atoms with Crippen LogP contribution in [0.4, 0.5) is 0 Å². The Morgan fingerprint density at radius 2 is 1.75 bits per heavy atom. The molecule has 2 aromatic heterocycles. The summed E-state index contributed by atoms with van der Waals surface area (Å²) in [6.45, 7) is 10.8. The van der Waals surface area contributed by atoms with Gasteiger partial charge in [0.15, 0.2) is 0 Å². The van der Waals surface area contributed by atoms with Crippen molar-refractivity contribution in [2.24, 2.45) is 0 Å². The highest BCUT2D eigenvalue weighted by Gasteiger charge is 2.40. The highest BCUT2D eigenvalue weighted by Crippen LogP contribution is 2.39. The van der Waals surface area contributed by atoms with Crippen molar-refractivity contribution in [3.05, 3.63) is 76.5 Å². The molecule has 3 aromatic rings. The van der Waals surface area contributed by atoms with Crippen LogP contribution in [0, 0.1) is 0 Å². The predicted molar refractivity (Wildman–Crippen MR) is 115 cm³/mol. The van der Waals surface area contributed by atoms with Gasteiger partial charge >= 0.3 is 0 Å². The molecule has 6 nitrogen and oxygen atoms in total. The van der Waals surface area contributed by atoms with Crippen molar-refractivity contribution in [3.63, 3.8) is 0 Å². The standard InChI is InChI=1S/C21H26N4O2Si/c1-21(2,3)28(4,5)27-18(14-16-10-7-6-8-11-16)17-15-24-25(19(17)26)20-22-12-9-13-23-20/h6-15,24H,1-5H3. The Morgan fingerprint density at radius 1 is 1.11 bits per heavy atom. The first-order valence-corrected chi connectivity index (χ1v) is 12.1. The van der Waals surface area contributed by atoms with Crippen LogP contribution in [0.1, 0.15) is 31.9 Å². The summed E-state index contributed by atoms with van der Waals surface area (Å²) in [5, 5.41) is 2.96. The molecule has 0 fully saturated rings. The van der Waals surface area contributed by atoms with Crippen molar-refractivity contribution in [3.8, 4) is 5.95 Å². The smallest absolute Gasteiger partial charge is 0.284 e. The fourth-order valence-corrected chi connectivity index (χ4v) is 3.42. The third-order valence-electron chi connectivity index (χ3n) is 5.06. The predicted octanol–water partition coefficient (Wildman–Crippen LogP) is 4.48. The minimum Gasteiger partial charge on any atom is -0.543 e. The summed E-state index contributed by atoms with van der Waals surface area (Å²) in [6, 6.07) is 11.6. The third-order valence-corrected chi connectivity index (χ3v) is 9.40. The van der Waals surface area contributed by atoms with E-state index in [9.17, 15) is 4.79 Å². The second kappa shape index (κ2) is 7.59. The number of nitrogens with zero attached hydrogens (tertiary/aromatic N) is 3. The second-order valence-corrected chi connectivity index (χ2v) is 12.9. The molecule has 0 radical (unpaired) electrons. The molecule has 0 aliphatic carbocycles. The number of hydrogen-bond donors (Lipinski definition) is 1. The average molecular weight is 395 g/mol. The molecule has 0 unspecified atom stereocenters. The first-order chi connectivity index (χ1) is 13.2. The zero-order chi connectivity index (χ0) is 20.4. The zero-order valence-corrected chi connectivity index (χ0v) is 17.9. The molecule has 2 heterocycles. The van der Waals surface area contributed by atoms with Gasteiger partial charge in [-0.05, 0) is 35.8 Å². The van der Waals surface area contributed by atoms with Gasteiger partial charge < -0.3 is 4.43 Å². The lowest BCUT2D eigenvalue weighted by Gasteiger charge is -2.37. The van der Waals surface area contributed by atoms with Crippen molar-refractivity contribution in [1.82, 2.24) is 19.7 Å². The zero-order valence-electron chi connectivity index (χ0n) is 16.9. The molecule has 146 valence electrons. The van der Waals surface area contributed by atoms with E-state index in [-0.39, 0.29) is 10.6 Å². The van der Waals surface area contributed by atoms with Crippen LogP contribution in [-0.4, -0.2) is 28.1 Å². The number of nitrogens with one attached hydrogen (secondary N) is 1. The molecule has 0 spiro atoms. The first kappa shape index (κ1) is 19.8. The highest BCUT2D eigenvalue weighted by molar-refractivity contribution is 6.74. The fourth-order valence-electron chi connectivity index (χ4n) is 2.39. The number of rotatable bonds is 5. The molecule has 0 atom stereocenters. The van der Waals surface area contributed by atoms with E-state index in [0.29, 0.717) is 17.3 Å². The van der Waals surface area contributed by atoms with Gasteiger partial charge in [-0.15, -0.1) is 0 Å². The van der Waals surface area contributed by atoms with Crippen LogP contribution in [0.3, 0.4) is 0 Å². The van der Waals surface area contributed by atoms with E-state index >= 15 is 0 Å². The quantitative estimate of drug-likeness (QED) is 0.512. The Bertz CT molecular complexity index is 1020. The van der Waals surface area contributed by atoms with Crippen LogP contribution in [-0.2, 0) is 4.43 Å². The summed E-state index contributed by atoms with van der Waals surface area (Å²) in [5.41, 5.74) is 1.19. The van der Waals surface area contributed by atoms with Gasteiger partial charge in [0.25, 0.3) is 19.8 Å². The molecule has 0 amide bonds. The highest BCUT2D eigenvalue weighted by atomic mass is 28.4. The molecule has 0 saturated carbocycles. The molecule has 1 N–H and O–H groups in total. The van der Waals surface area contributed by atoms with E-state index in [2.05, 4.69) is 48.9 Å². The Kier molecular flexibility index (Phi) is 5.37. The number of aromatic nitrogens is 4. The van der Waals surface area contributed by atoms with Crippen LogP contribution >= 0.6 is 0 Å². The molecule has 0 saturated heterocycles. The van der Waals surface area contributed by atoms with Gasteiger partial charge in [0.2, 0.25) is 0 Å². The Morgan fingerprint density at radius 3 is 2.36 bits per heavy atom. The molecule has 0 bridgehead atoms. The van der Waals surface area contributed by atoms with Gasteiger partial charge in [0.05, 0.1) is 5.56 Å². The maximum absolute atomic E-state index is 13.1. The summed E-state index contributed by atoms with van der Waals surface area (Å²) in [4.78, 5) is 21.4. The third kappa shape index (κ3) is 4.14. The maximum atomic E-state index is 13.1. The number of H-pyrrole nitrogens is 1. The lowest BCUT2D eigenvalue weighted by molar-refractivity contribution is 0.460. The average Bonchev–Trinajstić information content (AvgIpc) is 3.03. The molecule has 3 rings (SSSR count). The Labute approximate surface area is 166 Å². The maximum Gasteiger partial charge on any atom is 0.284 e. The van der Waals surface area contributed by atoms with Crippen molar-refractivity contribution in [1.29, 1.82) is 0 Å². The van der Waals surface area contributed by atoms with Crippen molar-refractivity contribution in [2.75, 3.05) is 0 Å². The van der Waals surface area contributed by atoms with Crippen molar-refractivity contribution in [2.45, 2.75) is 38.9 Å². The molecule has 28 heavy (non-hydrogen) atoms. The second-order valence-electron chi connectivity index (χ2n) is 8.16. The van der Waals surface area contributed by atoms with E-state index < -0.39 is 8.32 Å². The molecule has 0 aliphatic rings. The molecular formula is C21H26N4O2Si. The number of aromatic amines is 1. The lowest BCUT2D eigenvalue weighted by Crippen LogP contribution is -2.40. The van der Waals surface area contributed by atoms with Crippen LogP contribution < -0.4 is 5.56 Å². The van der Waals surface area contributed by atoms with E-state index in [1.807, 2.05) is 36.4 Å². The minimum atomic E-state index is -2.16. The van der Waals surface area contributed by atoms with Gasteiger partial charge in [-0.3, -0.25) is 9.89 Å². The fraction of sp³-hybridized carbons (Fsp3) is 0.286. The van der Waals surface area contributed by atoms with Gasteiger partial charge in [0, 0.05) is 18.6 Å². The monoisotopic (exact) mass is 394 g/mol. The molecular weight excluding hydrogens is 368 g/mol. The topological polar surface area (TPSA) is 72.8 Å². The molecule has 7 heteroatoms. The van der Waals surface area contributed by atoms with Crippen LogP contribution in [0.25, 0.3) is 17.8 Å². The normalized spacial score (nSPS) is 12.8. The summed E-state index contributed by atoms with van der Waals surface area (Å²) in [5.74, 6) is 0.860. The Hall–Kier alpha value is -2.93. The summed E-state index contributed by atoms with van der Waals surface area (Å²) >= 11 is 0. The van der Waals surface area contributed by atoms with Gasteiger partial charge in [-0.25, -0.2) is 9.97 Å². The summed E-state index contributed by atoms with van der Waals surface area (Å²) in [6.07, 6.45) is 6.77. The van der Waals surface area contributed by atoms with Crippen LogP contribution in [0.2, 0.25) is 18.1 Å². The summed E-state index contributed by atoms with van der Waals surface area (Å²) in [7, 11) is -2.16. The number of benzene rings is 1. The van der Waals surface area contributed by atoms with E-state index in [1.165, 1.54) is 4.68 Å². The van der Waals surface area contributed by atoms with Gasteiger partial charge in [-0.2, -0.15) is 4.68 Å². The summed E-state index contributed by atoms with van der Waals surface area (Å²) < 4.78 is 7.87. The molecule has 1 aromatic carbocycles. The van der Waals surface area contributed by atoms with Gasteiger partial charge in [-0.1, -0.05) is 51.1 Å². The molecule has 0 aliphatic heterocycles. The lowest BCUT2D eigenvalue weighted by atomic mass is 10.1. The van der Waals surface area contributed by atoms with E-state index in [1.54, 1.807) is 24.7 Å². The van der Waals surface area contributed by atoms with E-state index in [4.69, 9.17) is 4.43 Å². The SMILES string of the molecule is CC(C)(C)[Si](C)(C)OC(=Cc1ccccc1)c1c[nH]n(-c2ncccn2)c1=O. The minimum absolute atomic E-state index is 0.000641. The van der Waals surface area contributed by atoms with Crippen molar-refractivity contribution < 1.29 is 4.43 Å². The first-order valence-electron chi connectivity index (χ1n) is 9.23.